The maximum Gasteiger partial charge on any atom is 0.274 e. The number of imidazole rings is 2. The van der Waals surface area contributed by atoms with Gasteiger partial charge in [-0.3, -0.25) is 28.5 Å². The lowest BCUT2D eigenvalue weighted by Crippen LogP contribution is -2.15. The standard InChI is InChI=1S/C44H24N6O4/c1-5-7-21-15-27-37-25(41-46-30-17-29(45)19(3)13-33(30)48(41)43(27)51)11-9-23-36-22(8-6-2)16-28-38-26(12-10-24(40(36)38)35(21)39(23)37)42-47-31-18-32(50(53)54)20(4)14-34(31)49(42)44(28)52/h9-18H,45H2,1-4H3. The number of nitrogen functional groups attached to an aromatic ring is 1. The molecule has 0 radical (unpaired) electrons. The van der Waals surface area contributed by atoms with Crippen molar-refractivity contribution in [2.75, 3.05) is 5.73 Å². The largest absolute Gasteiger partial charge is 0.398 e. The summed E-state index contributed by atoms with van der Waals surface area (Å²) in [6.07, 6.45) is 0. The minimum atomic E-state index is -0.435. The number of aryl methyl sites for hydroxylation is 2. The minimum absolute atomic E-state index is 0.0601. The third kappa shape index (κ3) is 3.43. The average molecular weight is 701 g/mol. The maximum absolute atomic E-state index is 14.7. The van der Waals surface area contributed by atoms with Gasteiger partial charge in [-0.05, 0) is 86.5 Å². The summed E-state index contributed by atoms with van der Waals surface area (Å²) in [6.45, 7) is 7.10. The number of hydrogen-bond acceptors (Lipinski definition) is 7. The first-order chi connectivity index (χ1) is 26.1. The highest BCUT2D eigenvalue weighted by Gasteiger charge is 2.27. The van der Waals surface area contributed by atoms with Crippen LogP contribution in [0.5, 0.6) is 0 Å². The number of benzene rings is 7. The van der Waals surface area contributed by atoms with Gasteiger partial charge in [0.15, 0.2) is 0 Å². The maximum atomic E-state index is 14.7. The van der Waals surface area contributed by atoms with Gasteiger partial charge >= 0.3 is 0 Å². The van der Waals surface area contributed by atoms with Gasteiger partial charge in [-0.2, -0.15) is 0 Å². The molecule has 0 spiro atoms. The SMILES string of the molecule is CC#Cc1cc2c(=O)n3c4cc(C)c(N)cc4nc3c3ccc4c5c(C#CC)cc6c(=O)n7c8cc(C)c([N+](=O)[O-])cc8nc7c7ccc(c1c4c23)c5c67. The van der Waals surface area contributed by atoms with Crippen molar-refractivity contribution in [1.82, 2.24) is 18.8 Å². The van der Waals surface area contributed by atoms with Crippen LogP contribution in [0.3, 0.4) is 0 Å². The number of rotatable bonds is 1. The molecule has 4 aromatic heterocycles. The lowest BCUT2D eigenvalue weighted by molar-refractivity contribution is -0.385. The van der Waals surface area contributed by atoms with Crippen LogP contribution in [0.2, 0.25) is 0 Å². The number of nitro groups is 1. The third-order valence-corrected chi connectivity index (χ3v) is 11.2. The van der Waals surface area contributed by atoms with Crippen LogP contribution in [0.4, 0.5) is 11.4 Å². The molecule has 0 saturated heterocycles. The monoisotopic (exact) mass is 700 g/mol. The number of pyridine rings is 2. The van der Waals surface area contributed by atoms with Crippen molar-refractivity contribution in [3.8, 4) is 23.7 Å². The molecule has 0 amide bonds. The van der Waals surface area contributed by atoms with Gasteiger partial charge in [0, 0.05) is 71.5 Å². The zero-order valence-electron chi connectivity index (χ0n) is 29.2. The number of nitro benzene ring substituents is 1. The average Bonchev–Trinajstić information content (AvgIpc) is 3.71. The van der Waals surface area contributed by atoms with Crippen LogP contribution in [-0.4, -0.2) is 23.7 Å². The van der Waals surface area contributed by atoms with E-state index in [4.69, 9.17) is 15.7 Å². The number of hydrogen-bond donors (Lipinski definition) is 1. The molecule has 0 aliphatic heterocycles. The van der Waals surface area contributed by atoms with Crippen molar-refractivity contribution < 1.29 is 4.92 Å². The molecule has 10 heteroatoms. The summed E-state index contributed by atoms with van der Waals surface area (Å²) in [6, 6.07) is 18.6. The van der Waals surface area contributed by atoms with Crippen molar-refractivity contribution in [3.05, 3.63) is 114 Å². The van der Waals surface area contributed by atoms with Crippen LogP contribution in [0.15, 0.2) is 70.3 Å². The summed E-state index contributed by atoms with van der Waals surface area (Å²) in [5.41, 5.74) is 12.1. The lowest BCUT2D eigenvalue weighted by Gasteiger charge is -2.20. The molecule has 11 rings (SSSR count). The van der Waals surface area contributed by atoms with E-state index in [9.17, 15) is 19.7 Å². The Morgan fingerprint density at radius 1 is 0.611 bits per heavy atom. The van der Waals surface area contributed by atoms with E-state index in [0.29, 0.717) is 66.5 Å². The van der Waals surface area contributed by atoms with Crippen LogP contribution in [-0.2, 0) is 0 Å². The third-order valence-electron chi connectivity index (χ3n) is 11.2. The number of nitrogens with two attached hydrogens (primary N) is 1. The van der Waals surface area contributed by atoms with Gasteiger partial charge in [0.2, 0.25) is 0 Å². The summed E-state index contributed by atoms with van der Waals surface area (Å²) < 4.78 is 3.23. The van der Waals surface area contributed by atoms with Crippen molar-refractivity contribution >= 4 is 109 Å². The fraction of sp³-hybridized carbons (Fsp3) is 0.0909. The van der Waals surface area contributed by atoms with E-state index in [0.717, 1.165) is 59.4 Å². The van der Waals surface area contributed by atoms with E-state index in [1.165, 1.54) is 6.07 Å². The number of aromatic nitrogens is 4. The van der Waals surface area contributed by atoms with Crippen molar-refractivity contribution in [2.45, 2.75) is 27.7 Å². The van der Waals surface area contributed by atoms with E-state index >= 15 is 0 Å². The van der Waals surface area contributed by atoms with Gasteiger partial charge in [-0.1, -0.05) is 24.0 Å². The molecule has 54 heavy (non-hydrogen) atoms. The van der Waals surface area contributed by atoms with Crippen LogP contribution in [0, 0.1) is 47.6 Å². The Morgan fingerprint density at radius 2 is 1.07 bits per heavy atom. The van der Waals surface area contributed by atoms with Crippen LogP contribution < -0.4 is 16.9 Å². The Balaban J connectivity index is 1.41. The molecule has 7 aromatic carbocycles. The van der Waals surface area contributed by atoms with Gasteiger partial charge < -0.3 is 5.73 Å². The first kappa shape index (κ1) is 30.1. The molecule has 254 valence electrons. The molecule has 0 atom stereocenters. The van der Waals surface area contributed by atoms with E-state index < -0.39 is 4.92 Å². The highest BCUT2D eigenvalue weighted by Crippen LogP contribution is 2.48. The Kier molecular flexibility index (Phi) is 5.49. The Morgan fingerprint density at radius 3 is 1.56 bits per heavy atom. The molecule has 0 fully saturated rings. The summed E-state index contributed by atoms with van der Waals surface area (Å²) in [5.74, 6) is 12.8. The fourth-order valence-corrected chi connectivity index (χ4v) is 8.96. The highest BCUT2D eigenvalue weighted by molar-refractivity contribution is 6.42. The zero-order chi connectivity index (χ0) is 37.1. The number of anilines is 1. The molecule has 0 aliphatic rings. The van der Waals surface area contributed by atoms with Gasteiger partial charge in [-0.15, -0.1) is 11.8 Å². The van der Waals surface area contributed by atoms with Crippen LogP contribution >= 0.6 is 0 Å². The predicted molar refractivity (Wildman–Crippen MR) is 216 cm³/mol. The van der Waals surface area contributed by atoms with Crippen LogP contribution in [0.25, 0.3) is 98.0 Å². The molecule has 0 unspecified atom stereocenters. The Bertz CT molecular complexity index is 3870. The van der Waals surface area contributed by atoms with E-state index in [1.807, 2.05) is 49.4 Å². The quantitative estimate of drug-likeness (QED) is 0.0456. The smallest absolute Gasteiger partial charge is 0.274 e. The number of nitrogens with zero attached hydrogens (tertiary/aromatic N) is 5. The van der Waals surface area contributed by atoms with Crippen LogP contribution in [0.1, 0.15) is 36.1 Å². The predicted octanol–water partition coefficient (Wildman–Crippen LogP) is 8.09. The van der Waals surface area contributed by atoms with E-state index in [2.05, 4.69) is 29.7 Å². The van der Waals surface area contributed by atoms with Crippen molar-refractivity contribution in [1.29, 1.82) is 0 Å². The van der Waals surface area contributed by atoms with Gasteiger partial charge in [0.1, 0.15) is 11.3 Å². The molecule has 11 aromatic rings. The molecular formula is C44H24N6O4. The molecule has 4 heterocycles. The lowest BCUT2D eigenvalue weighted by atomic mass is 9.82. The molecule has 0 bridgehead atoms. The highest BCUT2D eigenvalue weighted by atomic mass is 16.6. The zero-order valence-corrected chi connectivity index (χ0v) is 29.2. The first-order valence-electron chi connectivity index (χ1n) is 17.3. The van der Waals surface area contributed by atoms with Gasteiger partial charge in [0.05, 0.1) is 37.8 Å². The van der Waals surface area contributed by atoms with Crippen molar-refractivity contribution in [2.24, 2.45) is 0 Å². The summed E-state index contributed by atoms with van der Waals surface area (Å²) in [4.78, 5) is 50.5. The molecule has 0 aliphatic carbocycles. The Labute approximate surface area is 303 Å². The van der Waals surface area contributed by atoms with E-state index in [-0.39, 0.29) is 16.8 Å². The Hall–Kier alpha value is -7.56. The second-order valence-corrected chi connectivity index (χ2v) is 14.0. The second-order valence-electron chi connectivity index (χ2n) is 14.0. The number of fused-ring (bicyclic) bond motifs is 10. The second kappa shape index (κ2) is 9.85. The summed E-state index contributed by atoms with van der Waals surface area (Å²) in [7, 11) is 0. The van der Waals surface area contributed by atoms with E-state index in [1.54, 1.807) is 35.6 Å². The van der Waals surface area contributed by atoms with Crippen molar-refractivity contribution in [3.63, 3.8) is 0 Å². The van der Waals surface area contributed by atoms with Gasteiger partial charge in [-0.25, -0.2) is 9.97 Å². The summed E-state index contributed by atoms with van der Waals surface area (Å²) in [5, 5.41) is 21.0. The van der Waals surface area contributed by atoms with Gasteiger partial charge in [0.25, 0.3) is 16.8 Å². The molecule has 0 saturated carbocycles. The molecular weight excluding hydrogens is 677 g/mol. The molecule has 10 nitrogen and oxygen atoms in total. The summed E-state index contributed by atoms with van der Waals surface area (Å²) >= 11 is 0. The first-order valence-corrected chi connectivity index (χ1v) is 17.3. The normalized spacial score (nSPS) is 12.1. The fourth-order valence-electron chi connectivity index (χ4n) is 8.96. The topological polar surface area (TPSA) is 138 Å². The molecule has 2 N–H and O–H groups in total. The minimum Gasteiger partial charge on any atom is -0.398 e.